The largest absolute Gasteiger partial charge is 0.373 e. The zero-order chi connectivity index (χ0) is 21.9. The SMILES string of the molecule is CC[C@@H](NC(=O)c1cc(C(=O)NC(C)C(C)(C)C)n2c1COCC2)c1ccccc1. The molecule has 3 rings (SSSR count). The van der Waals surface area contributed by atoms with Gasteiger partial charge in [0.1, 0.15) is 5.69 Å². The van der Waals surface area contributed by atoms with Crippen LogP contribution in [0.2, 0.25) is 0 Å². The number of nitrogens with zero attached hydrogens (tertiary/aromatic N) is 1. The number of ether oxygens (including phenoxy) is 1. The van der Waals surface area contributed by atoms with Gasteiger partial charge >= 0.3 is 0 Å². The highest BCUT2D eigenvalue weighted by molar-refractivity contribution is 6.01. The van der Waals surface area contributed by atoms with Crippen LogP contribution in [0.5, 0.6) is 0 Å². The average molecular weight is 412 g/mol. The van der Waals surface area contributed by atoms with Crippen LogP contribution in [0.15, 0.2) is 36.4 Å². The molecule has 2 heterocycles. The summed E-state index contributed by atoms with van der Waals surface area (Å²) >= 11 is 0. The van der Waals surface area contributed by atoms with Gasteiger partial charge in [-0.15, -0.1) is 0 Å². The zero-order valence-corrected chi connectivity index (χ0v) is 18.6. The predicted molar refractivity (Wildman–Crippen MR) is 117 cm³/mol. The van der Waals surface area contributed by atoms with Gasteiger partial charge in [0, 0.05) is 12.6 Å². The summed E-state index contributed by atoms with van der Waals surface area (Å²) in [6.45, 7) is 11.7. The third kappa shape index (κ3) is 4.75. The number of aromatic nitrogens is 1. The summed E-state index contributed by atoms with van der Waals surface area (Å²) in [5.41, 5.74) is 2.80. The molecule has 2 atom stereocenters. The molecule has 1 aliphatic rings. The van der Waals surface area contributed by atoms with Crippen LogP contribution >= 0.6 is 0 Å². The lowest BCUT2D eigenvalue weighted by atomic mass is 9.88. The van der Waals surface area contributed by atoms with Gasteiger partial charge in [-0.3, -0.25) is 9.59 Å². The number of hydrogen-bond donors (Lipinski definition) is 2. The van der Waals surface area contributed by atoms with Crippen molar-refractivity contribution in [2.45, 2.75) is 66.3 Å². The minimum absolute atomic E-state index is 0.00387. The Hall–Kier alpha value is -2.60. The fourth-order valence-corrected chi connectivity index (χ4v) is 3.54. The monoisotopic (exact) mass is 411 g/mol. The van der Waals surface area contributed by atoms with Gasteiger partial charge in [-0.05, 0) is 30.4 Å². The van der Waals surface area contributed by atoms with Gasteiger partial charge in [-0.2, -0.15) is 0 Å². The lowest BCUT2D eigenvalue weighted by Gasteiger charge is -2.28. The Morgan fingerprint density at radius 1 is 1.13 bits per heavy atom. The maximum absolute atomic E-state index is 13.2. The number of amides is 2. The quantitative estimate of drug-likeness (QED) is 0.753. The summed E-state index contributed by atoms with van der Waals surface area (Å²) in [7, 11) is 0. The second-order valence-electron chi connectivity index (χ2n) is 9.00. The molecule has 0 aliphatic carbocycles. The minimum Gasteiger partial charge on any atom is -0.373 e. The maximum atomic E-state index is 13.2. The van der Waals surface area contributed by atoms with Crippen LogP contribution in [-0.4, -0.2) is 29.0 Å². The number of carbonyl (C=O) groups excluding carboxylic acids is 2. The van der Waals surface area contributed by atoms with E-state index in [1.807, 2.05) is 48.7 Å². The highest BCUT2D eigenvalue weighted by Gasteiger charge is 2.29. The molecule has 0 saturated heterocycles. The van der Waals surface area contributed by atoms with Gasteiger partial charge in [-0.25, -0.2) is 0 Å². The molecule has 2 aromatic rings. The number of nitrogens with one attached hydrogen (secondary N) is 2. The third-order valence-electron chi connectivity index (χ3n) is 5.95. The summed E-state index contributed by atoms with van der Waals surface area (Å²) in [6, 6.07) is 11.5. The second-order valence-corrected chi connectivity index (χ2v) is 9.00. The fraction of sp³-hybridized carbons (Fsp3) is 0.500. The van der Waals surface area contributed by atoms with E-state index >= 15 is 0 Å². The Balaban J connectivity index is 1.86. The van der Waals surface area contributed by atoms with Gasteiger partial charge in [0.05, 0.1) is 30.5 Å². The van der Waals surface area contributed by atoms with Crippen LogP contribution in [0.3, 0.4) is 0 Å². The molecule has 0 bridgehead atoms. The molecule has 0 saturated carbocycles. The molecule has 6 heteroatoms. The van der Waals surface area contributed by atoms with Crippen molar-refractivity contribution in [2.24, 2.45) is 5.41 Å². The number of hydrogen-bond acceptors (Lipinski definition) is 3. The maximum Gasteiger partial charge on any atom is 0.268 e. The highest BCUT2D eigenvalue weighted by atomic mass is 16.5. The first kappa shape index (κ1) is 22.1. The smallest absolute Gasteiger partial charge is 0.268 e. The molecule has 6 nitrogen and oxygen atoms in total. The molecular formula is C24H33N3O3. The summed E-state index contributed by atoms with van der Waals surface area (Å²) in [5.74, 6) is -0.336. The van der Waals surface area contributed by atoms with E-state index in [2.05, 4.69) is 31.4 Å². The van der Waals surface area contributed by atoms with E-state index in [-0.39, 0.29) is 29.3 Å². The molecule has 0 spiro atoms. The Morgan fingerprint density at radius 2 is 1.83 bits per heavy atom. The minimum atomic E-state index is -0.178. The summed E-state index contributed by atoms with van der Waals surface area (Å²) < 4.78 is 7.52. The van der Waals surface area contributed by atoms with E-state index in [9.17, 15) is 9.59 Å². The van der Waals surface area contributed by atoms with Crippen LogP contribution in [0.4, 0.5) is 0 Å². The normalized spacial score (nSPS) is 15.8. The summed E-state index contributed by atoms with van der Waals surface area (Å²) in [6.07, 6.45) is 0.777. The molecule has 2 amide bonds. The molecule has 1 aromatic carbocycles. The molecule has 2 N–H and O–H groups in total. The van der Waals surface area contributed by atoms with Crippen molar-refractivity contribution < 1.29 is 14.3 Å². The van der Waals surface area contributed by atoms with Crippen LogP contribution < -0.4 is 10.6 Å². The van der Waals surface area contributed by atoms with Crippen LogP contribution in [0.25, 0.3) is 0 Å². The van der Waals surface area contributed by atoms with E-state index in [1.165, 1.54) is 0 Å². The summed E-state index contributed by atoms with van der Waals surface area (Å²) in [5, 5.41) is 6.21. The number of fused-ring (bicyclic) bond motifs is 1. The lowest BCUT2D eigenvalue weighted by molar-refractivity contribution is 0.0767. The molecule has 1 aliphatic heterocycles. The van der Waals surface area contributed by atoms with E-state index in [0.29, 0.717) is 31.0 Å². The molecule has 1 unspecified atom stereocenters. The van der Waals surface area contributed by atoms with Gasteiger partial charge in [0.15, 0.2) is 0 Å². The highest BCUT2D eigenvalue weighted by Crippen LogP contribution is 2.24. The second kappa shape index (κ2) is 9.04. The Labute approximate surface area is 179 Å². The van der Waals surface area contributed by atoms with E-state index in [1.54, 1.807) is 6.07 Å². The summed E-state index contributed by atoms with van der Waals surface area (Å²) in [4.78, 5) is 26.2. The Morgan fingerprint density at radius 3 is 2.47 bits per heavy atom. The third-order valence-corrected chi connectivity index (χ3v) is 5.95. The predicted octanol–water partition coefficient (Wildman–Crippen LogP) is 4.06. The van der Waals surface area contributed by atoms with Crippen molar-refractivity contribution in [1.29, 1.82) is 0 Å². The number of carbonyl (C=O) groups is 2. The fourth-order valence-electron chi connectivity index (χ4n) is 3.54. The van der Waals surface area contributed by atoms with E-state index in [0.717, 1.165) is 17.7 Å². The van der Waals surface area contributed by atoms with Gasteiger partial charge in [-0.1, -0.05) is 58.0 Å². The van der Waals surface area contributed by atoms with Gasteiger partial charge in [0.2, 0.25) is 0 Å². The molecule has 162 valence electrons. The standard InChI is InChI=1S/C24H33N3O3/c1-6-19(17-10-8-7-9-11-17)26-22(28)18-14-20(27-12-13-30-15-21(18)27)23(29)25-16(2)24(3,4)5/h7-11,14,16,19H,6,12-13,15H2,1-5H3,(H,25,29)(H,26,28)/t16?,19-/m1/s1. The first-order chi connectivity index (χ1) is 14.2. The first-order valence-electron chi connectivity index (χ1n) is 10.7. The van der Waals surface area contributed by atoms with Gasteiger partial charge < -0.3 is 19.9 Å². The Bertz CT molecular complexity index is 896. The Kier molecular flexibility index (Phi) is 6.66. The van der Waals surface area contributed by atoms with Crippen LogP contribution in [0, 0.1) is 5.41 Å². The van der Waals surface area contributed by atoms with Crippen molar-refractivity contribution in [2.75, 3.05) is 6.61 Å². The molecular weight excluding hydrogens is 378 g/mol. The molecule has 1 aromatic heterocycles. The number of rotatable bonds is 6. The topological polar surface area (TPSA) is 72.4 Å². The first-order valence-corrected chi connectivity index (χ1v) is 10.7. The van der Waals surface area contributed by atoms with E-state index in [4.69, 9.17) is 4.74 Å². The number of benzene rings is 1. The molecule has 0 fully saturated rings. The van der Waals surface area contributed by atoms with Crippen molar-refractivity contribution in [3.8, 4) is 0 Å². The average Bonchev–Trinajstić information content (AvgIpc) is 3.12. The van der Waals surface area contributed by atoms with Gasteiger partial charge in [0.25, 0.3) is 11.8 Å². The van der Waals surface area contributed by atoms with Crippen molar-refractivity contribution in [1.82, 2.24) is 15.2 Å². The van der Waals surface area contributed by atoms with Crippen molar-refractivity contribution in [3.05, 3.63) is 58.9 Å². The van der Waals surface area contributed by atoms with Crippen molar-refractivity contribution >= 4 is 11.8 Å². The van der Waals surface area contributed by atoms with Crippen molar-refractivity contribution in [3.63, 3.8) is 0 Å². The lowest BCUT2D eigenvalue weighted by Crippen LogP contribution is -2.42. The van der Waals surface area contributed by atoms with E-state index < -0.39 is 0 Å². The van der Waals surface area contributed by atoms with Crippen LogP contribution in [0.1, 0.15) is 79.2 Å². The zero-order valence-electron chi connectivity index (χ0n) is 18.6. The molecule has 30 heavy (non-hydrogen) atoms. The molecule has 0 radical (unpaired) electrons. The van der Waals surface area contributed by atoms with Crippen LogP contribution in [-0.2, 0) is 17.9 Å².